The van der Waals surface area contributed by atoms with Crippen molar-refractivity contribution >= 4 is 5.69 Å². The first kappa shape index (κ1) is 11.8. The zero-order valence-electron chi connectivity index (χ0n) is 9.73. The van der Waals surface area contributed by atoms with Gasteiger partial charge in [-0.05, 0) is 12.1 Å². The first-order chi connectivity index (χ1) is 8.43. The van der Waals surface area contributed by atoms with E-state index in [4.69, 9.17) is 0 Å². The minimum absolute atomic E-state index is 0.0976. The third-order valence-electron chi connectivity index (χ3n) is 2.70. The predicted octanol–water partition coefficient (Wildman–Crippen LogP) is -0.217. The quantitative estimate of drug-likeness (QED) is 0.544. The van der Waals surface area contributed by atoms with Crippen LogP contribution in [0.1, 0.15) is 0 Å². The Balaban J connectivity index is 2.64. The summed E-state index contributed by atoms with van der Waals surface area (Å²) < 4.78 is 3.26. The van der Waals surface area contributed by atoms with E-state index in [0.29, 0.717) is 5.69 Å². The highest BCUT2D eigenvalue weighted by molar-refractivity contribution is 5.40. The minimum atomic E-state index is -0.546. The molecule has 2 rings (SSSR count). The SMILES string of the molecule is Cn1c(=O)n(-c2ccc([N+](=O)[O-])cc2)c(=O)n1C. The molecule has 0 unspecified atom stereocenters. The number of hydrogen-bond acceptors (Lipinski definition) is 4. The molecule has 2 aromatic rings. The van der Waals surface area contributed by atoms with E-state index in [0.717, 1.165) is 13.9 Å². The molecule has 1 aromatic heterocycles. The Morgan fingerprint density at radius 1 is 1.00 bits per heavy atom. The molecular formula is C10H10N4O4. The van der Waals surface area contributed by atoms with E-state index in [1.807, 2.05) is 0 Å². The van der Waals surface area contributed by atoms with E-state index >= 15 is 0 Å². The summed E-state index contributed by atoms with van der Waals surface area (Å²) in [5, 5.41) is 10.5. The summed E-state index contributed by atoms with van der Waals surface area (Å²) in [5.41, 5.74) is -0.806. The Hall–Kier alpha value is -2.64. The number of aromatic nitrogens is 3. The zero-order chi connectivity index (χ0) is 13.4. The highest BCUT2D eigenvalue weighted by atomic mass is 16.6. The lowest BCUT2D eigenvalue weighted by molar-refractivity contribution is -0.384. The lowest BCUT2D eigenvalue weighted by Gasteiger charge is -1.98. The molecule has 0 atom stereocenters. The van der Waals surface area contributed by atoms with Gasteiger partial charge in [0.1, 0.15) is 0 Å². The molecule has 8 heteroatoms. The van der Waals surface area contributed by atoms with Gasteiger partial charge in [0, 0.05) is 26.2 Å². The smallest absolute Gasteiger partial charge is 0.258 e. The van der Waals surface area contributed by atoms with Crippen molar-refractivity contribution in [3.63, 3.8) is 0 Å². The molecule has 0 amide bonds. The maximum Gasteiger partial charge on any atom is 0.351 e. The Kier molecular flexibility index (Phi) is 2.62. The molecule has 0 fully saturated rings. The summed E-state index contributed by atoms with van der Waals surface area (Å²) in [5.74, 6) is 0. The van der Waals surface area contributed by atoms with Gasteiger partial charge in [0.15, 0.2) is 0 Å². The molecule has 8 nitrogen and oxygen atoms in total. The molecular weight excluding hydrogens is 240 g/mol. The molecule has 0 N–H and O–H groups in total. The van der Waals surface area contributed by atoms with E-state index in [1.165, 1.54) is 38.4 Å². The molecule has 1 aromatic carbocycles. The van der Waals surface area contributed by atoms with Crippen LogP contribution in [0.2, 0.25) is 0 Å². The number of non-ortho nitro benzene ring substituents is 1. The Bertz CT molecular complexity index is 686. The maximum atomic E-state index is 11.8. The fourth-order valence-corrected chi connectivity index (χ4v) is 1.57. The van der Waals surface area contributed by atoms with Gasteiger partial charge >= 0.3 is 11.4 Å². The maximum absolute atomic E-state index is 11.8. The highest BCUT2D eigenvalue weighted by Gasteiger charge is 2.13. The van der Waals surface area contributed by atoms with Gasteiger partial charge in [-0.1, -0.05) is 0 Å². The molecule has 0 bridgehead atoms. The van der Waals surface area contributed by atoms with Crippen molar-refractivity contribution in [2.75, 3.05) is 0 Å². The number of nitro groups is 1. The molecule has 1 heterocycles. The summed E-state index contributed by atoms with van der Waals surface area (Å²) in [6.45, 7) is 0. The minimum Gasteiger partial charge on any atom is -0.258 e. The third-order valence-corrected chi connectivity index (χ3v) is 2.70. The molecule has 0 spiro atoms. The van der Waals surface area contributed by atoms with Crippen molar-refractivity contribution in [2.24, 2.45) is 14.1 Å². The number of benzene rings is 1. The van der Waals surface area contributed by atoms with Crippen molar-refractivity contribution in [2.45, 2.75) is 0 Å². The number of hydrogen-bond donors (Lipinski definition) is 0. The van der Waals surface area contributed by atoms with Crippen LogP contribution in [0.15, 0.2) is 33.9 Å². The van der Waals surface area contributed by atoms with Gasteiger partial charge in [-0.15, -0.1) is 0 Å². The van der Waals surface area contributed by atoms with Crippen LogP contribution >= 0.6 is 0 Å². The average molecular weight is 250 g/mol. The van der Waals surface area contributed by atoms with Crippen molar-refractivity contribution in [3.8, 4) is 5.69 Å². The Morgan fingerprint density at radius 2 is 1.44 bits per heavy atom. The summed E-state index contributed by atoms with van der Waals surface area (Å²) in [4.78, 5) is 33.6. The van der Waals surface area contributed by atoms with E-state index in [-0.39, 0.29) is 5.69 Å². The Labute approximate surface area is 100 Å². The largest absolute Gasteiger partial charge is 0.351 e. The van der Waals surface area contributed by atoms with E-state index in [1.54, 1.807) is 0 Å². The normalized spacial score (nSPS) is 10.6. The van der Waals surface area contributed by atoms with Crippen molar-refractivity contribution < 1.29 is 4.92 Å². The zero-order valence-corrected chi connectivity index (χ0v) is 9.73. The highest BCUT2D eigenvalue weighted by Crippen LogP contribution is 2.12. The molecule has 0 aliphatic rings. The van der Waals surface area contributed by atoms with Crippen LogP contribution in [0.3, 0.4) is 0 Å². The van der Waals surface area contributed by atoms with Crippen molar-refractivity contribution in [3.05, 3.63) is 55.3 Å². The first-order valence-electron chi connectivity index (χ1n) is 5.03. The van der Waals surface area contributed by atoms with Crippen LogP contribution in [0.5, 0.6) is 0 Å². The molecule has 0 radical (unpaired) electrons. The standard InChI is InChI=1S/C10H10N4O4/c1-11-9(15)13(10(16)12(11)2)7-3-5-8(6-4-7)14(17)18/h3-6H,1-2H3. The molecule has 18 heavy (non-hydrogen) atoms. The van der Waals surface area contributed by atoms with Crippen LogP contribution in [0.25, 0.3) is 5.69 Å². The lowest BCUT2D eigenvalue weighted by atomic mass is 10.3. The summed E-state index contributed by atoms with van der Waals surface area (Å²) in [7, 11) is 2.93. The average Bonchev–Trinajstić information content (AvgIpc) is 2.54. The van der Waals surface area contributed by atoms with Crippen LogP contribution in [-0.4, -0.2) is 18.9 Å². The predicted molar refractivity (Wildman–Crippen MR) is 62.9 cm³/mol. The van der Waals surface area contributed by atoms with Gasteiger partial charge in [0.25, 0.3) is 5.69 Å². The molecule has 0 saturated carbocycles. The monoisotopic (exact) mass is 250 g/mol. The molecule has 0 aliphatic heterocycles. The van der Waals surface area contributed by atoms with Gasteiger partial charge in [0.2, 0.25) is 0 Å². The number of nitrogens with zero attached hydrogens (tertiary/aromatic N) is 4. The second-order valence-electron chi connectivity index (χ2n) is 3.72. The van der Waals surface area contributed by atoms with Crippen LogP contribution < -0.4 is 11.4 Å². The fourth-order valence-electron chi connectivity index (χ4n) is 1.57. The fraction of sp³-hybridized carbons (Fsp3) is 0.200. The number of rotatable bonds is 2. The van der Waals surface area contributed by atoms with E-state index in [2.05, 4.69) is 0 Å². The topological polar surface area (TPSA) is 92.1 Å². The van der Waals surface area contributed by atoms with Gasteiger partial charge in [-0.2, -0.15) is 0 Å². The van der Waals surface area contributed by atoms with E-state index in [9.17, 15) is 19.7 Å². The van der Waals surface area contributed by atoms with Crippen molar-refractivity contribution in [1.29, 1.82) is 0 Å². The molecule has 94 valence electrons. The van der Waals surface area contributed by atoms with Crippen LogP contribution in [0.4, 0.5) is 5.69 Å². The molecule has 0 saturated heterocycles. The van der Waals surface area contributed by atoms with Gasteiger partial charge < -0.3 is 0 Å². The number of nitro benzene ring substituents is 1. The van der Waals surface area contributed by atoms with Gasteiger partial charge in [0.05, 0.1) is 10.6 Å². The van der Waals surface area contributed by atoms with Crippen molar-refractivity contribution in [1.82, 2.24) is 13.9 Å². The van der Waals surface area contributed by atoms with Crippen LogP contribution in [0, 0.1) is 10.1 Å². The second kappa shape index (κ2) is 3.99. The summed E-state index contributed by atoms with van der Waals surface area (Å²) >= 11 is 0. The summed E-state index contributed by atoms with van der Waals surface area (Å²) in [6, 6.07) is 5.21. The van der Waals surface area contributed by atoms with Gasteiger partial charge in [-0.25, -0.2) is 23.5 Å². The van der Waals surface area contributed by atoms with Gasteiger partial charge in [-0.3, -0.25) is 10.1 Å². The van der Waals surface area contributed by atoms with Crippen LogP contribution in [-0.2, 0) is 14.1 Å². The summed E-state index contributed by atoms with van der Waals surface area (Å²) in [6.07, 6.45) is 0. The third kappa shape index (κ3) is 1.63. The first-order valence-corrected chi connectivity index (χ1v) is 5.03. The Morgan fingerprint density at radius 3 is 1.83 bits per heavy atom. The molecule has 0 aliphatic carbocycles. The second-order valence-corrected chi connectivity index (χ2v) is 3.72. The van der Waals surface area contributed by atoms with E-state index < -0.39 is 16.3 Å². The lowest BCUT2D eigenvalue weighted by Crippen LogP contribution is -2.26.